The maximum absolute atomic E-state index is 13.2. The summed E-state index contributed by atoms with van der Waals surface area (Å²) in [6.07, 6.45) is 28.2. The van der Waals surface area contributed by atoms with Gasteiger partial charge in [0.1, 0.15) is 0 Å². The van der Waals surface area contributed by atoms with Crippen LogP contribution in [-0.2, 0) is 19.6 Å². The molecule has 0 atom stereocenters. The predicted octanol–water partition coefficient (Wildman–Crippen LogP) is 7.92. The number of nitrogens with zero attached hydrogens (tertiary/aromatic N) is 3. The number of allylic oxidation sites excluding steroid dienone is 3. The highest BCUT2D eigenvalue weighted by molar-refractivity contribution is 4.80. The van der Waals surface area contributed by atoms with E-state index >= 15 is 0 Å². The fourth-order valence-electron chi connectivity index (χ4n) is 5.05. The molecule has 0 bridgehead atoms. The maximum Gasteiger partial charge on any atom is 0.336 e. The molecule has 0 spiro atoms. The Balaban J connectivity index is 2.77. The van der Waals surface area contributed by atoms with Crippen LogP contribution in [-0.4, -0.2) is 13.7 Å². The summed E-state index contributed by atoms with van der Waals surface area (Å²) < 4.78 is 3.97. The predicted molar refractivity (Wildman–Crippen MR) is 167 cm³/mol. The molecule has 0 N–H and O–H groups in total. The van der Waals surface area contributed by atoms with E-state index < -0.39 is 17.1 Å². The molecule has 1 rings (SSSR count). The molecule has 39 heavy (non-hydrogen) atoms. The third-order valence-corrected chi connectivity index (χ3v) is 7.51. The highest BCUT2D eigenvalue weighted by Gasteiger charge is 2.15. The molecule has 0 unspecified atom stereocenters. The maximum atomic E-state index is 13.2. The fourth-order valence-corrected chi connectivity index (χ4v) is 5.05. The fraction of sp³-hybridized carbons (Fsp3) is 0.727. The van der Waals surface area contributed by atoms with Crippen LogP contribution in [0, 0.1) is 0 Å². The third-order valence-electron chi connectivity index (χ3n) is 7.51. The lowest BCUT2D eigenvalue weighted by Gasteiger charge is -2.14. The zero-order valence-corrected chi connectivity index (χ0v) is 24.9. The lowest BCUT2D eigenvalue weighted by Crippen LogP contribution is -2.54. The van der Waals surface area contributed by atoms with Crippen LogP contribution in [0.5, 0.6) is 0 Å². The van der Waals surface area contributed by atoms with Crippen molar-refractivity contribution in [1.82, 2.24) is 13.7 Å². The molecule has 0 saturated carbocycles. The standard InChI is InChI=1S/C33H57N3O3/c1-4-7-10-13-16-19-22-25-28-34-31(37)35(29-26-23-20-17-14-11-8-5-2)33(39)36(32(34)38)30-27-24-21-18-15-12-9-6-3/h4-6H,1-3,7-30H2. The van der Waals surface area contributed by atoms with Crippen molar-refractivity contribution in [2.75, 3.05) is 0 Å². The summed E-state index contributed by atoms with van der Waals surface area (Å²) >= 11 is 0. The molecular formula is C33H57N3O3. The van der Waals surface area contributed by atoms with Gasteiger partial charge in [-0.1, -0.05) is 95.3 Å². The van der Waals surface area contributed by atoms with Crippen LogP contribution >= 0.6 is 0 Å². The Kier molecular flexibility index (Phi) is 20.9. The number of aromatic nitrogens is 3. The van der Waals surface area contributed by atoms with Gasteiger partial charge in [-0.3, -0.25) is 0 Å². The van der Waals surface area contributed by atoms with Crippen LogP contribution in [0.2, 0.25) is 0 Å². The molecule has 1 aromatic rings. The average molecular weight is 544 g/mol. The van der Waals surface area contributed by atoms with Crippen molar-refractivity contribution < 1.29 is 0 Å². The summed E-state index contributed by atoms with van der Waals surface area (Å²) in [6, 6.07) is 0. The highest BCUT2D eigenvalue weighted by atomic mass is 16.2. The molecule has 0 saturated heterocycles. The molecule has 1 heterocycles. The van der Waals surface area contributed by atoms with Crippen molar-refractivity contribution in [2.24, 2.45) is 0 Å². The van der Waals surface area contributed by atoms with Gasteiger partial charge < -0.3 is 0 Å². The molecule has 6 nitrogen and oxygen atoms in total. The molecule has 0 aliphatic heterocycles. The minimum Gasteiger partial charge on any atom is -0.247 e. The summed E-state index contributed by atoms with van der Waals surface area (Å²) in [5.74, 6) is 0. The first-order valence-corrected chi connectivity index (χ1v) is 15.9. The SMILES string of the molecule is C=CCCCCCCCCn1c(=O)n(CCCCCCCCC=C)c(=O)n(CCCCCCCCC=C)c1=O. The van der Waals surface area contributed by atoms with Gasteiger partial charge >= 0.3 is 17.1 Å². The lowest BCUT2D eigenvalue weighted by atomic mass is 10.1. The van der Waals surface area contributed by atoms with Gasteiger partial charge in [-0.25, -0.2) is 28.1 Å². The second kappa shape index (κ2) is 23.5. The molecular weight excluding hydrogens is 486 g/mol. The van der Waals surface area contributed by atoms with Gasteiger partial charge in [-0.15, -0.1) is 19.7 Å². The summed E-state index contributed by atoms with van der Waals surface area (Å²) in [6.45, 7) is 12.5. The monoisotopic (exact) mass is 543 g/mol. The van der Waals surface area contributed by atoms with Gasteiger partial charge in [0.15, 0.2) is 0 Å². The van der Waals surface area contributed by atoms with E-state index in [1.807, 2.05) is 18.2 Å². The second-order valence-corrected chi connectivity index (χ2v) is 10.9. The van der Waals surface area contributed by atoms with Crippen LogP contribution in [0.3, 0.4) is 0 Å². The molecule has 0 fully saturated rings. The molecule has 0 aliphatic carbocycles. The van der Waals surface area contributed by atoms with Crippen molar-refractivity contribution in [3.63, 3.8) is 0 Å². The van der Waals surface area contributed by atoms with E-state index in [-0.39, 0.29) is 0 Å². The molecule has 0 aromatic carbocycles. The van der Waals surface area contributed by atoms with Gasteiger partial charge in [-0.2, -0.15) is 0 Å². The van der Waals surface area contributed by atoms with Crippen molar-refractivity contribution in [1.29, 1.82) is 0 Å². The van der Waals surface area contributed by atoms with E-state index in [0.717, 1.165) is 96.3 Å². The molecule has 6 heteroatoms. The van der Waals surface area contributed by atoms with Crippen molar-refractivity contribution in [3.8, 4) is 0 Å². The van der Waals surface area contributed by atoms with Crippen molar-refractivity contribution in [3.05, 3.63) is 69.4 Å². The van der Waals surface area contributed by atoms with Crippen molar-refractivity contribution in [2.45, 2.75) is 154 Å². The Labute approximate surface area is 237 Å². The van der Waals surface area contributed by atoms with Gasteiger partial charge in [0, 0.05) is 19.6 Å². The van der Waals surface area contributed by atoms with E-state index in [1.54, 1.807) is 0 Å². The second-order valence-electron chi connectivity index (χ2n) is 10.9. The first-order valence-electron chi connectivity index (χ1n) is 15.9. The highest BCUT2D eigenvalue weighted by Crippen LogP contribution is 2.10. The zero-order valence-electron chi connectivity index (χ0n) is 24.9. The van der Waals surface area contributed by atoms with Crippen LogP contribution in [0.15, 0.2) is 52.3 Å². The largest absolute Gasteiger partial charge is 0.336 e. The zero-order chi connectivity index (χ0) is 28.6. The van der Waals surface area contributed by atoms with Crippen molar-refractivity contribution >= 4 is 0 Å². The Morgan fingerprint density at radius 3 is 0.795 bits per heavy atom. The molecule has 1 aromatic heterocycles. The van der Waals surface area contributed by atoms with Crippen LogP contribution in [0.25, 0.3) is 0 Å². The minimum absolute atomic E-state index is 0.386. The van der Waals surface area contributed by atoms with Gasteiger partial charge in [0.25, 0.3) is 0 Å². The molecule has 222 valence electrons. The molecule has 0 radical (unpaired) electrons. The summed E-state index contributed by atoms with van der Waals surface area (Å²) in [4.78, 5) is 39.7. The Morgan fingerprint density at radius 1 is 0.359 bits per heavy atom. The van der Waals surface area contributed by atoms with E-state index in [4.69, 9.17) is 0 Å². The van der Waals surface area contributed by atoms with E-state index in [1.165, 1.54) is 52.2 Å². The molecule has 0 aliphatic rings. The summed E-state index contributed by atoms with van der Waals surface area (Å²) in [7, 11) is 0. The lowest BCUT2D eigenvalue weighted by molar-refractivity contribution is 0.411. The summed E-state index contributed by atoms with van der Waals surface area (Å²) in [5.41, 5.74) is -1.29. The minimum atomic E-state index is -0.430. The molecule has 0 amide bonds. The first-order chi connectivity index (χ1) is 19.1. The summed E-state index contributed by atoms with van der Waals surface area (Å²) in [5, 5.41) is 0. The van der Waals surface area contributed by atoms with E-state index in [9.17, 15) is 14.4 Å². The first kappa shape index (κ1) is 34.7. The number of rotatable bonds is 27. The Bertz CT molecular complexity index is 816. The average Bonchev–Trinajstić information content (AvgIpc) is 2.93. The topological polar surface area (TPSA) is 66.0 Å². The Hall–Kier alpha value is -2.37. The van der Waals surface area contributed by atoms with Gasteiger partial charge in [0.05, 0.1) is 0 Å². The smallest absolute Gasteiger partial charge is 0.247 e. The van der Waals surface area contributed by atoms with E-state index in [0.29, 0.717) is 19.6 Å². The van der Waals surface area contributed by atoms with Crippen LogP contribution in [0.1, 0.15) is 135 Å². The number of hydrogen-bond donors (Lipinski definition) is 0. The van der Waals surface area contributed by atoms with Crippen LogP contribution in [0.4, 0.5) is 0 Å². The number of unbranched alkanes of at least 4 members (excludes halogenated alkanes) is 18. The quantitative estimate of drug-likeness (QED) is 0.0836. The third kappa shape index (κ3) is 15.1. The number of hydrogen-bond acceptors (Lipinski definition) is 3. The van der Waals surface area contributed by atoms with Gasteiger partial charge in [0.2, 0.25) is 0 Å². The van der Waals surface area contributed by atoms with E-state index in [2.05, 4.69) is 19.7 Å². The Morgan fingerprint density at radius 2 is 0.564 bits per heavy atom. The normalized spacial score (nSPS) is 11.1. The van der Waals surface area contributed by atoms with Gasteiger partial charge in [-0.05, 0) is 57.8 Å². The van der Waals surface area contributed by atoms with Crippen LogP contribution < -0.4 is 17.1 Å².